The molecule has 0 bridgehead atoms. The second kappa shape index (κ2) is 9.42. The lowest BCUT2D eigenvalue weighted by molar-refractivity contribution is -0.117. The molecule has 0 spiro atoms. The quantitative estimate of drug-likeness (QED) is 0.702. The van der Waals surface area contributed by atoms with E-state index in [4.69, 9.17) is 4.74 Å². The number of ether oxygens (including phenoxy) is 1. The van der Waals surface area contributed by atoms with Gasteiger partial charge in [0.05, 0.1) is 13.7 Å². The van der Waals surface area contributed by atoms with Gasteiger partial charge in [-0.2, -0.15) is 0 Å². The standard InChI is InChI=1S/C24H31N3O2/c1-29-23-12-6-20(7-13-23)17-27(22-10-11-22)18-24(28)25-21-8-4-19(5-9-21)16-26-14-2-3-15-26/h4-9,12-13,22H,2-3,10-11,14-18H2,1H3,(H,25,28). The zero-order chi connectivity index (χ0) is 20.1. The van der Waals surface area contributed by atoms with E-state index in [0.29, 0.717) is 12.6 Å². The van der Waals surface area contributed by atoms with E-state index in [9.17, 15) is 4.79 Å². The van der Waals surface area contributed by atoms with Gasteiger partial charge in [0.15, 0.2) is 0 Å². The molecule has 2 aromatic rings. The SMILES string of the molecule is COc1ccc(CN(CC(=O)Nc2ccc(CN3CCCC3)cc2)C2CC2)cc1. The lowest BCUT2D eigenvalue weighted by Gasteiger charge is -2.21. The minimum Gasteiger partial charge on any atom is -0.497 e. The van der Waals surface area contributed by atoms with Crippen LogP contribution in [0, 0.1) is 0 Å². The van der Waals surface area contributed by atoms with Gasteiger partial charge in [-0.3, -0.25) is 14.6 Å². The second-order valence-electron chi connectivity index (χ2n) is 8.21. The average Bonchev–Trinajstić information content (AvgIpc) is 3.46. The first kappa shape index (κ1) is 19.9. The minimum absolute atomic E-state index is 0.0534. The zero-order valence-corrected chi connectivity index (χ0v) is 17.3. The summed E-state index contributed by atoms with van der Waals surface area (Å²) >= 11 is 0. The molecule has 1 aliphatic heterocycles. The molecule has 1 amide bonds. The Kier molecular flexibility index (Phi) is 6.47. The molecule has 2 aromatic carbocycles. The Hall–Kier alpha value is -2.37. The Morgan fingerprint density at radius 1 is 1.03 bits per heavy atom. The van der Waals surface area contributed by atoms with Gasteiger partial charge >= 0.3 is 0 Å². The second-order valence-corrected chi connectivity index (χ2v) is 8.21. The smallest absolute Gasteiger partial charge is 0.238 e. The number of rotatable bonds is 9. The maximum atomic E-state index is 12.6. The van der Waals surface area contributed by atoms with Crippen LogP contribution in [0.4, 0.5) is 5.69 Å². The van der Waals surface area contributed by atoms with Gasteiger partial charge in [0.1, 0.15) is 5.75 Å². The van der Waals surface area contributed by atoms with Crippen LogP contribution in [-0.2, 0) is 17.9 Å². The molecule has 1 saturated heterocycles. The Balaban J connectivity index is 1.29. The molecular formula is C24H31N3O2. The van der Waals surface area contributed by atoms with Gasteiger partial charge in [0, 0.05) is 24.8 Å². The number of hydrogen-bond donors (Lipinski definition) is 1. The van der Waals surface area contributed by atoms with Crippen LogP contribution >= 0.6 is 0 Å². The minimum atomic E-state index is 0.0534. The molecule has 2 aliphatic rings. The monoisotopic (exact) mass is 393 g/mol. The number of carbonyl (C=O) groups excluding carboxylic acids is 1. The van der Waals surface area contributed by atoms with Crippen LogP contribution < -0.4 is 10.1 Å². The highest BCUT2D eigenvalue weighted by atomic mass is 16.5. The number of nitrogens with zero attached hydrogens (tertiary/aromatic N) is 2. The number of likely N-dealkylation sites (tertiary alicyclic amines) is 1. The van der Waals surface area contributed by atoms with Crippen LogP contribution in [0.2, 0.25) is 0 Å². The summed E-state index contributed by atoms with van der Waals surface area (Å²) in [5.74, 6) is 0.912. The first-order valence-electron chi connectivity index (χ1n) is 10.7. The van der Waals surface area contributed by atoms with Crippen molar-refractivity contribution in [3.05, 3.63) is 59.7 Å². The van der Waals surface area contributed by atoms with E-state index in [-0.39, 0.29) is 5.91 Å². The summed E-state index contributed by atoms with van der Waals surface area (Å²) in [7, 11) is 1.68. The van der Waals surface area contributed by atoms with Crippen LogP contribution in [0.25, 0.3) is 0 Å². The molecule has 0 atom stereocenters. The summed E-state index contributed by atoms with van der Waals surface area (Å²) in [6.45, 7) is 4.61. The number of anilines is 1. The van der Waals surface area contributed by atoms with Crippen molar-refractivity contribution < 1.29 is 9.53 Å². The molecule has 29 heavy (non-hydrogen) atoms. The van der Waals surface area contributed by atoms with E-state index >= 15 is 0 Å². The van der Waals surface area contributed by atoms with Crippen LogP contribution in [0.15, 0.2) is 48.5 Å². The van der Waals surface area contributed by atoms with Crippen molar-refractivity contribution in [2.24, 2.45) is 0 Å². The number of nitrogens with one attached hydrogen (secondary N) is 1. The predicted molar refractivity (Wildman–Crippen MR) is 116 cm³/mol. The van der Waals surface area contributed by atoms with Crippen molar-refractivity contribution in [2.45, 2.75) is 44.8 Å². The van der Waals surface area contributed by atoms with Crippen LogP contribution in [0.3, 0.4) is 0 Å². The third kappa shape index (κ3) is 5.81. The molecule has 4 rings (SSSR count). The van der Waals surface area contributed by atoms with E-state index in [1.54, 1.807) is 7.11 Å². The van der Waals surface area contributed by atoms with E-state index in [1.165, 1.54) is 49.9 Å². The number of benzene rings is 2. The van der Waals surface area contributed by atoms with Gasteiger partial charge in [-0.25, -0.2) is 0 Å². The topological polar surface area (TPSA) is 44.8 Å². The maximum Gasteiger partial charge on any atom is 0.238 e. The summed E-state index contributed by atoms with van der Waals surface area (Å²) < 4.78 is 5.23. The Bertz CT molecular complexity index is 794. The molecule has 5 nitrogen and oxygen atoms in total. The Morgan fingerprint density at radius 3 is 2.31 bits per heavy atom. The third-order valence-corrected chi connectivity index (χ3v) is 5.80. The van der Waals surface area contributed by atoms with Gasteiger partial charge in [-0.1, -0.05) is 24.3 Å². The summed E-state index contributed by atoms with van der Waals surface area (Å²) in [5.41, 5.74) is 3.39. The van der Waals surface area contributed by atoms with Crippen LogP contribution in [0.1, 0.15) is 36.8 Å². The van der Waals surface area contributed by atoms with E-state index < -0.39 is 0 Å². The van der Waals surface area contributed by atoms with Crippen LogP contribution in [-0.4, -0.2) is 48.5 Å². The molecule has 2 fully saturated rings. The molecule has 1 heterocycles. The molecule has 1 N–H and O–H groups in total. The maximum absolute atomic E-state index is 12.6. The van der Waals surface area contributed by atoms with E-state index in [2.05, 4.69) is 39.4 Å². The van der Waals surface area contributed by atoms with Crippen molar-refractivity contribution in [3.63, 3.8) is 0 Å². The van der Waals surface area contributed by atoms with Crippen molar-refractivity contribution >= 4 is 11.6 Å². The van der Waals surface area contributed by atoms with Crippen molar-refractivity contribution in [1.82, 2.24) is 9.80 Å². The fourth-order valence-electron chi connectivity index (χ4n) is 4.00. The molecule has 0 radical (unpaired) electrons. The highest BCUT2D eigenvalue weighted by Crippen LogP contribution is 2.28. The summed E-state index contributed by atoms with van der Waals surface area (Å²) in [6, 6.07) is 16.9. The number of hydrogen-bond acceptors (Lipinski definition) is 4. The molecular weight excluding hydrogens is 362 g/mol. The van der Waals surface area contributed by atoms with Crippen molar-refractivity contribution in [2.75, 3.05) is 32.1 Å². The Morgan fingerprint density at radius 2 is 1.69 bits per heavy atom. The first-order chi connectivity index (χ1) is 14.2. The number of carbonyl (C=O) groups is 1. The van der Waals surface area contributed by atoms with E-state index in [0.717, 1.165) is 24.5 Å². The average molecular weight is 394 g/mol. The van der Waals surface area contributed by atoms with Gasteiger partial charge in [0.2, 0.25) is 5.91 Å². The number of methoxy groups -OCH3 is 1. The lowest BCUT2D eigenvalue weighted by atomic mass is 10.2. The molecule has 0 aromatic heterocycles. The van der Waals surface area contributed by atoms with Gasteiger partial charge in [0.25, 0.3) is 0 Å². The Labute approximate surface area is 173 Å². The highest BCUT2D eigenvalue weighted by molar-refractivity contribution is 5.92. The fourth-order valence-corrected chi connectivity index (χ4v) is 4.00. The van der Waals surface area contributed by atoms with Gasteiger partial charge in [-0.05, 0) is 74.2 Å². The van der Waals surface area contributed by atoms with Crippen molar-refractivity contribution in [1.29, 1.82) is 0 Å². The molecule has 0 unspecified atom stereocenters. The van der Waals surface area contributed by atoms with Gasteiger partial charge < -0.3 is 10.1 Å². The third-order valence-electron chi connectivity index (χ3n) is 5.80. The first-order valence-corrected chi connectivity index (χ1v) is 10.7. The summed E-state index contributed by atoms with van der Waals surface area (Å²) in [4.78, 5) is 17.4. The zero-order valence-electron chi connectivity index (χ0n) is 17.3. The van der Waals surface area contributed by atoms with E-state index in [1.807, 2.05) is 24.3 Å². The molecule has 5 heteroatoms. The molecule has 1 saturated carbocycles. The van der Waals surface area contributed by atoms with Crippen molar-refractivity contribution in [3.8, 4) is 5.75 Å². The van der Waals surface area contributed by atoms with Crippen LogP contribution in [0.5, 0.6) is 5.75 Å². The largest absolute Gasteiger partial charge is 0.497 e. The summed E-state index contributed by atoms with van der Waals surface area (Å²) in [6.07, 6.45) is 4.97. The normalized spacial score (nSPS) is 16.9. The predicted octanol–water partition coefficient (Wildman–Crippen LogP) is 3.89. The lowest BCUT2D eigenvalue weighted by Crippen LogP contribution is -2.34. The summed E-state index contributed by atoms with van der Waals surface area (Å²) in [5, 5.41) is 3.07. The molecule has 154 valence electrons. The fraction of sp³-hybridized carbons (Fsp3) is 0.458. The molecule has 1 aliphatic carbocycles. The van der Waals surface area contributed by atoms with Gasteiger partial charge in [-0.15, -0.1) is 0 Å². The highest BCUT2D eigenvalue weighted by Gasteiger charge is 2.30. The number of amides is 1.